The highest BCUT2D eigenvalue weighted by Crippen LogP contribution is 2.12. The first-order valence-corrected chi connectivity index (χ1v) is 6.78. The molecule has 1 atom stereocenters. The van der Waals surface area contributed by atoms with E-state index in [0.29, 0.717) is 6.61 Å². The van der Waals surface area contributed by atoms with E-state index < -0.39 is 0 Å². The van der Waals surface area contributed by atoms with E-state index in [0.717, 1.165) is 45.2 Å². The molecule has 4 nitrogen and oxygen atoms in total. The maximum atomic E-state index is 12.1. The number of ether oxygens (including phenoxy) is 1. The van der Waals surface area contributed by atoms with Crippen molar-refractivity contribution in [3.05, 3.63) is 0 Å². The fraction of sp³-hybridized carbons (Fsp3) is 0.923. The third-order valence-electron chi connectivity index (χ3n) is 3.33. The molecular weight excluding hydrogens is 216 g/mol. The summed E-state index contributed by atoms with van der Waals surface area (Å²) in [5.74, 6) is 0.405. The van der Waals surface area contributed by atoms with Crippen LogP contribution in [0.25, 0.3) is 0 Å². The van der Waals surface area contributed by atoms with Crippen LogP contribution in [0.1, 0.15) is 39.0 Å². The molecule has 100 valence electrons. The molecule has 0 spiro atoms. The number of carbonyl (C=O) groups excluding carboxylic acids is 1. The van der Waals surface area contributed by atoms with Gasteiger partial charge in [0, 0.05) is 13.0 Å². The van der Waals surface area contributed by atoms with Crippen LogP contribution in [0.2, 0.25) is 0 Å². The maximum Gasteiger partial charge on any atom is 0.223 e. The molecule has 2 N–H and O–H groups in total. The number of carbonyl (C=O) groups is 1. The van der Waals surface area contributed by atoms with Gasteiger partial charge in [0.1, 0.15) is 0 Å². The number of hydrogen-bond donors (Lipinski definition) is 2. The molecule has 1 amide bonds. The van der Waals surface area contributed by atoms with Crippen molar-refractivity contribution in [1.82, 2.24) is 10.6 Å². The smallest absolute Gasteiger partial charge is 0.223 e. The van der Waals surface area contributed by atoms with Gasteiger partial charge in [0.2, 0.25) is 5.91 Å². The van der Waals surface area contributed by atoms with E-state index in [1.807, 2.05) is 0 Å². The second-order valence-electron chi connectivity index (χ2n) is 4.83. The van der Waals surface area contributed by atoms with Gasteiger partial charge in [0.25, 0.3) is 0 Å². The summed E-state index contributed by atoms with van der Waals surface area (Å²) in [6.45, 7) is 4.71. The molecular formula is C13H26N2O2. The minimum atomic E-state index is 0.183. The van der Waals surface area contributed by atoms with Gasteiger partial charge >= 0.3 is 0 Å². The average Bonchev–Trinajstić information content (AvgIpc) is 2.37. The minimum Gasteiger partial charge on any atom is -0.383 e. The SMILES string of the molecule is CCCCC(COC)NC(=O)C1CCNCC1. The summed E-state index contributed by atoms with van der Waals surface area (Å²) in [4.78, 5) is 12.1. The average molecular weight is 242 g/mol. The quantitative estimate of drug-likeness (QED) is 0.707. The summed E-state index contributed by atoms with van der Waals surface area (Å²) < 4.78 is 5.16. The van der Waals surface area contributed by atoms with E-state index in [1.165, 1.54) is 0 Å². The van der Waals surface area contributed by atoms with Crippen LogP contribution in [0.4, 0.5) is 0 Å². The van der Waals surface area contributed by atoms with Crippen LogP contribution in [0.3, 0.4) is 0 Å². The molecule has 0 aromatic carbocycles. The van der Waals surface area contributed by atoms with Crippen LogP contribution in [-0.4, -0.2) is 38.8 Å². The van der Waals surface area contributed by atoms with Crippen molar-refractivity contribution in [2.24, 2.45) is 5.92 Å². The summed E-state index contributed by atoms with van der Waals surface area (Å²) in [5, 5.41) is 6.41. The number of unbranched alkanes of at least 4 members (excludes halogenated alkanes) is 1. The van der Waals surface area contributed by atoms with Crippen LogP contribution in [0.5, 0.6) is 0 Å². The van der Waals surface area contributed by atoms with Crippen molar-refractivity contribution in [1.29, 1.82) is 0 Å². The lowest BCUT2D eigenvalue weighted by Crippen LogP contribution is -2.44. The zero-order valence-corrected chi connectivity index (χ0v) is 11.1. The van der Waals surface area contributed by atoms with Gasteiger partial charge in [-0.2, -0.15) is 0 Å². The van der Waals surface area contributed by atoms with E-state index in [2.05, 4.69) is 17.6 Å². The maximum absolute atomic E-state index is 12.1. The monoisotopic (exact) mass is 242 g/mol. The molecule has 0 aromatic rings. The molecule has 0 saturated carbocycles. The minimum absolute atomic E-state index is 0.183. The van der Waals surface area contributed by atoms with Gasteiger partial charge in [-0.15, -0.1) is 0 Å². The summed E-state index contributed by atoms with van der Waals surface area (Å²) in [6, 6.07) is 0.183. The number of methoxy groups -OCH3 is 1. The predicted octanol–water partition coefficient (Wildman–Crippen LogP) is 1.31. The van der Waals surface area contributed by atoms with Gasteiger partial charge in [0.05, 0.1) is 12.6 Å². The summed E-state index contributed by atoms with van der Waals surface area (Å²) in [7, 11) is 1.69. The Kier molecular flexibility index (Phi) is 7.21. The Morgan fingerprint density at radius 1 is 1.47 bits per heavy atom. The Morgan fingerprint density at radius 3 is 2.76 bits per heavy atom. The van der Waals surface area contributed by atoms with Crippen molar-refractivity contribution >= 4 is 5.91 Å². The lowest BCUT2D eigenvalue weighted by molar-refractivity contribution is -0.126. The van der Waals surface area contributed by atoms with E-state index in [4.69, 9.17) is 4.74 Å². The van der Waals surface area contributed by atoms with Gasteiger partial charge in [-0.25, -0.2) is 0 Å². The molecule has 1 aliphatic rings. The van der Waals surface area contributed by atoms with Crippen molar-refractivity contribution in [3.8, 4) is 0 Å². The lowest BCUT2D eigenvalue weighted by Gasteiger charge is -2.25. The molecule has 1 heterocycles. The van der Waals surface area contributed by atoms with Crippen LogP contribution < -0.4 is 10.6 Å². The van der Waals surface area contributed by atoms with Crippen LogP contribution in [0.15, 0.2) is 0 Å². The van der Waals surface area contributed by atoms with Gasteiger partial charge < -0.3 is 15.4 Å². The molecule has 1 fully saturated rings. The van der Waals surface area contributed by atoms with Crippen molar-refractivity contribution in [3.63, 3.8) is 0 Å². The molecule has 4 heteroatoms. The number of piperidine rings is 1. The zero-order valence-electron chi connectivity index (χ0n) is 11.1. The molecule has 1 unspecified atom stereocenters. The lowest BCUT2D eigenvalue weighted by atomic mass is 9.96. The van der Waals surface area contributed by atoms with E-state index >= 15 is 0 Å². The molecule has 17 heavy (non-hydrogen) atoms. The Labute approximate surface area is 104 Å². The first-order valence-electron chi connectivity index (χ1n) is 6.78. The summed E-state index contributed by atoms with van der Waals surface area (Å²) in [5.41, 5.74) is 0. The van der Waals surface area contributed by atoms with Crippen LogP contribution in [0, 0.1) is 5.92 Å². The largest absolute Gasteiger partial charge is 0.383 e. The Morgan fingerprint density at radius 2 is 2.18 bits per heavy atom. The molecule has 0 aromatic heterocycles. The van der Waals surface area contributed by atoms with Gasteiger partial charge in [0.15, 0.2) is 0 Å². The highest BCUT2D eigenvalue weighted by Gasteiger charge is 2.22. The Hall–Kier alpha value is -0.610. The zero-order chi connectivity index (χ0) is 12.5. The molecule has 0 aliphatic carbocycles. The van der Waals surface area contributed by atoms with E-state index in [1.54, 1.807) is 7.11 Å². The third kappa shape index (κ3) is 5.50. The number of hydrogen-bond acceptors (Lipinski definition) is 3. The van der Waals surface area contributed by atoms with Crippen LogP contribution >= 0.6 is 0 Å². The van der Waals surface area contributed by atoms with Crippen molar-refractivity contribution < 1.29 is 9.53 Å². The first kappa shape index (κ1) is 14.5. The van der Waals surface area contributed by atoms with Crippen molar-refractivity contribution in [2.45, 2.75) is 45.1 Å². The number of amides is 1. The third-order valence-corrected chi connectivity index (χ3v) is 3.33. The Bertz CT molecular complexity index is 215. The van der Waals surface area contributed by atoms with E-state index in [9.17, 15) is 4.79 Å². The van der Waals surface area contributed by atoms with Crippen LogP contribution in [-0.2, 0) is 9.53 Å². The first-order chi connectivity index (χ1) is 8.27. The fourth-order valence-electron chi connectivity index (χ4n) is 2.25. The van der Waals surface area contributed by atoms with Gasteiger partial charge in [-0.1, -0.05) is 19.8 Å². The number of rotatable bonds is 7. The summed E-state index contributed by atoms with van der Waals surface area (Å²) >= 11 is 0. The topological polar surface area (TPSA) is 50.4 Å². The van der Waals surface area contributed by atoms with Crippen molar-refractivity contribution in [2.75, 3.05) is 26.8 Å². The van der Waals surface area contributed by atoms with E-state index in [-0.39, 0.29) is 17.9 Å². The normalized spacial score (nSPS) is 18.9. The highest BCUT2D eigenvalue weighted by molar-refractivity contribution is 5.79. The standard InChI is InChI=1S/C13H26N2O2/c1-3-4-5-12(10-17-2)15-13(16)11-6-8-14-9-7-11/h11-12,14H,3-10H2,1-2H3,(H,15,16). The van der Waals surface area contributed by atoms with Gasteiger partial charge in [-0.3, -0.25) is 4.79 Å². The predicted molar refractivity (Wildman–Crippen MR) is 68.9 cm³/mol. The molecule has 1 saturated heterocycles. The summed E-state index contributed by atoms with van der Waals surface area (Å²) in [6.07, 6.45) is 5.23. The Balaban J connectivity index is 2.33. The second kappa shape index (κ2) is 8.48. The number of nitrogens with one attached hydrogen (secondary N) is 2. The molecule has 1 aliphatic heterocycles. The molecule has 1 rings (SSSR count). The molecule has 0 radical (unpaired) electrons. The molecule has 0 bridgehead atoms. The highest BCUT2D eigenvalue weighted by atomic mass is 16.5. The fourth-order valence-corrected chi connectivity index (χ4v) is 2.25. The van der Waals surface area contributed by atoms with Gasteiger partial charge in [-0.05, 0) is 32.4 Å². The second-order valence-corrected chi connectivity index (χ2v) is 4.83.